The standard InChI is InChI=1S/C13H28N2O/c1-10(2)13(14)12(9-16)15(3)8-11-6-4-5-7-11/h10-13,16H,4-9,14H2,1-3H3. The third-order valence-corrected chi connectivity index (χ3v) is 3.99. The molecule has 1 rings (SSSR count). The maximum atomic E-state index is 9.47. The summed E-state index contributed by atoms with van der Waals surface area (Å²) in [4.78, 5) is 2.26. The van der Waals surface area contributed by atoms with Crippen LogP contribution in [0.1, 0.15) is 39.5 Å². The van der Waals surface area contributed by atoms with E-state index in [0.29, 0.717) is 5.92 Å². The summed E-state index contributed by atoms with van der Waals surface area (Å²) < 4.78 is 0. The lowest BCUT2D eigenvalue weighted by Crippen LogP contribution is -2.51. The molecule has 0 aromatic heterocycles. The second-order valence-corrected chi connectivity index (χ2v) is 5.66. The zero-order chi connectivity index (χ0) is 12.1. The Bertz CT molecular complexity index is 190. The van der Waals surface area contributed by atoms with Gasteiger partial charge in [0.25, 0.3) is 0 Å². The fourth-order valence-corrected chi connectivity index (χ4v) is 2.73. The highest BCUT2D eigenvalue weighted by atomic mass is 16.3. The monoisotopic (exact) mass is 228 g/mol. The topological polar surface area (TPSA) is 49.5 Å². The van der Waals surface area contributed by atoms with Gasteiger partial charge in [0.1, 0.15) is 0 Å². The first-order valence-electron chi connectivity index (χ1n) is 6.63. The van der Waals surface area contributed by atoms with Gasteiger partial charge in [0.2, 0.25) is 0 Å². The number of hydrogen-bond donors (Lipinski definition) is 2. The van der Waals surface area contributed by atoms with E-state index in [1.54, 1.807) is 0 Å². The van der Waals surface area contributed by atoms with E-state index in [4.69, 9.17) is 5.73 Å². The zero-order valence-electron chi connectivity index (χ0n) is 11.0. The Morgan fingerprint density at radius 3 is 2.31 bits per heavy atom. The summed E-state index contributed by atoms with van der Waals surface area (Å²) in [5.41, 5.74) is 6.14. The van der Waals surface area contributed by atoms with Crippen LogP contribution < -0.4 is 5.73 Å². The van der Waals surface area contributed by atoms with Crippen LogP contribution >= 0.6 is 0 Å². The molecule has 0 aromatic rings. The Labute approximate surface area is 100 Å². The Kier molecular flexibility index (Phi) is 5.73. The lowest BCUT2D eigenvalue weighted by atomic mass is 9.96. The highest BCUT2D eigenvalue weighted by Gasteiger charge is 2.26. The normalized spacial score (nSPS) is 21.9. The van der Waals surface area contributed by atoms with Crippen LogP contribution in [-0.4, -0.2) is 42.3 Å². The zero-order valence-corrected chi connectivity index (χ0v) is 11.0. The quantitative estimate of drug-likeness (QED) is 0.723. The minimum absolute atomic E-state index is 0.0661. The number of rotatable bonds is 6. The van der Waals surface area contributed by atoms with E-state index < -0.39 is 0 Å². The molecule has 0 spiro atoms. The van der Waals surface area contributed by atoms with Gasteiger partial charge in [-0.05, 0) is 31.7 Å². The Morgan fingerprint density at radius 1 is 1.31 bits per heavy atom. The molecule has 3 heteroatoms. The Balaban J connectivity index is 2.44. The predicted molar refractivity (Wildman–Crippen MR) is 68.3 cm³/mol. The summed E-state index contributed by atoms with van der Waals surface area (Å²) in [5, 5.41) is 9.47. The van der Waals surface area contributed by atoms with E-state index in [2.05, 4.69) is 25.8 Å². The third-order valence-electron chi connectivity index (χ3n) is 3.99. The molecule has 0 amide bonds. The molecule has 2 atom stereocenters. The van der Waals surface area contributed by atoms with Gasteiger partial charge in [-0.25, -0.2) is 0 Å². The fourth-order valence-electron chi connectivity index (χ4n) is 2.73. The molecular formula is C13H28N2O. The van der Waals surface area contributed by atoms with E-state index >= 15 is 0 Å². The van der Waals surface area contributed by atoms with E-state index in [1.165, 1.54) is 25.7 Å². The highest BCUT2D eigenvalue weighted by Crippen LogP contribution is 2.26. The Hall–Kier alpha value is -0.120. The Morgan fingerprint density at radius 2 is 1.88 bits per heavy atom. The van der Waals surface area contributed by atoms with E-state index in [9.17, 15) is 5.11 Å². The minimum Gasteiger partial charge on any atom is -0.395 e. The van der Waals surface area contributed by atoms with Crippen molar-refractivity contribution < 1.29 is 5.11 Å². The molecule has 1 saturated carbocycles. The number of aliphatic hydroxyl groups is 1. The maximum absolute atomic E-state index is 9.47. The molecule has 16 heavy (non-hydrogen) atoms. The maximum Gasteiger partial charge on any atom is 0.0601 e. The predicted octanol–water partition coefficient (Wildman–Crippen LogP) is 1.45. The first-order valence-corrected chi connectivity index (χ1v) is 6.63. The summed E-state index contributed by atoms with van der Waals surface area (Å²) in [6.07, 6.45) is 5.44. The van der Waals surface area contributed by atoms with Crippen LogP contribution in [0.2, 0.25) is 0 Å². The molecular weight excluding hydrogens is 200 g/mol. The molecule has 0 aliphatic heterocycles. The van der Waals surface area contributed by atoms with Crippen molar-refractivity contribution in [2.24, 2.45) is 17.6 Å². The van der Waals surface area contributed by atoms with Crippen molar-refractivity contribution in [3.8, 4) is 0 Å². The van der Waals surface area contributed by atoms with E-state index in [0.717, 1.165) is 12.5 Å². The van der Waals surface area contributed by atoms with Crippen molar-refractivity contribution in [2.45, 2.75) is 51.6 Å². The van der Waals surface area contributed by atoms with E-state index in [-0.39, 0.29) is 18.7 Å². The van der Waals surface area contributed by atoms with Crippen LogP contribution in [0.25, 0.3) is 0 Å². The molecule has 0 bridgehead atoms. The molecule has 0 aromatic carbocycles. The summed E-state index contributed by atoms with van der Waals surface area (Å²) in [7, 11) is 2.10. The molecule has 1 aliphatic carbocycles. The van der Waals surface area contributed by atoms with Gasteiger partial charge < -0.3 is 10.8 Å². The summed E-state index contributed by atoms with van der Waals surface area (Å²) in [6.45, 7) is 5.50. The lowest BCUT2D eigenvalue weighted by Gasteiger charge is -2.34. The third kappa shape index (κ3) is 3.72. The van der Waals surface area contributed by atoms with Crippen LogP contribution in [-0.2, 0) is 0 Å². The van der Waals surface area contributed by atoms with Crippen LogP contribution in [0.5, 0.6) is 0 Å². The molecule has 1 aliphatic rings. The van der Waals surface area contributed by atoms with Crippen molar-refractivity contribution in [3.63, 3.8) is 0 Å². The molecule has 0 saturated heterocycles. The van der Waals surface area contributed by atoms with Crippen LogP contribution in [0, 0.1) is 11.8 Å². The second kappa shape index (κ2) is 6.58. The van der Waals surface area contributed by atoms with Crippen molar-refractivity contribution in [1.82, 2.24) is 4.90 Å². The van der Waals surface area contributed by atoms with Gasteiger partial charge in [-0.3, -0.25) is 4.90 Å². The lowest BCUT2D eigenvalue weighted by molar-refractivity contribution is 0.100. The molecule has 2 unspecified atom stereocenters. The van der Waals surface area contributed by atoms with Gasteiger partial charge in [0, 0.05) is 18.6 Å². The van der Waals surface area contributed by atoms with Crippen LogP contribution in [0.4, 0.5) is 0 Å². The molecule has 3 N–H and O–H groups in total. The first kappa shape index (κ1) is 13.9. The van der Waals surface area contributed by atoms with Crippen molar-refractivity contribution >= 4 is 0 Å². The average molecular weight is 228 g/mol. The van der Waals surface area contributed by atoms with Gasteiger partial charge in [0.05, 0.1) is 6.61 Å². The van der Waals surface area contributed by atoms with Gasteiger partial charge in [-0.15, -0.1) is 0 Å². The van der Waals surface area contributed by atoms with Gasteiger partial charge >= 0.3 is 0 Å². The number of aliphatic hydroxyl groups excluding tert-OH is 1. The fraction of sp³-hybridized carbons (Fsp3) is 1.00. The van der Waals surface area contributed by atoms with Crippen LogP contribution in [0.3, 0.4) is 0 Å². The number of hydrogen-bond acceptors (Lipinski definition) is 3. The first-order chi connectivity index (χ1) is 7.56. The van der Waals surface area contributed by atoms with Crippen molar-refractivity contribution in [1.29, 1.82) is 0 Å². The van der Waals surface area contributed by atoms with Gasteiger partial charge in [-0.1, -0.05) is 26.7 Å². The molecule has 1 fully saturated rings. The molecule has 96 valence electrons. The molecule has 0 radical (unpaired) electrons. The highest BCUT2D eigenvalue weighted by molar-refractivity contribution is 4.84. The average Bonchev–Trinajstić information content (AvgIpc) is 2.71. The van der Waals surface area contributed by atoms with Crippen LogP contribution in [0.15, 0.2) is 0 Å². The minimum atomic E-state index is 0.0661. The number of nitrogens with zero attached hydrogens (tertiary/aromatic N) is 1. The van der Waals surface area contributed by atoms with Crippen molar-refractivity contribution in [2.75, 3.05) is 20.2 Å². The van der Waals surface area contributed by atoms with Crippen molar-refractivity contribution in [3.05, 3.63) is 0 Å². The number of nitrogens with two attached hydrogens (primary N) is 1. The molecule has 3 nitrogen and oxygen atoms in total. The molecule has 0 heterocycles. The van der Waals surface area contributed by atoms with E-state index in [1.807, 2.05) is 0 Å². The SMILES string of the molecule is CC(C)C(N)C(CO)N(C)CC1CCCC1. The van der Waals surface area contributed by atoms with Gasteiger partial charge in [0.15, 0.2) is 0 Å². The number of likely N-dealkylation sites (N-methyl/N-ethyl adjacent to an activating group) is 1. The summed E-state index contributed by atoms with van der Waals surface area (Å²) in [6, 6.07) is 0.178. The summed E-state index contributed by atoms with van der Waals surface area (Å²) in [5.74, 6) is 1.24. The largest absolute Gasteiger partial charge is 0.395 e. The second-order valence-electron chi connectivity index (χ2n) is 5.66. The smallest absolute Gasteiger partial charge is 0.0601 e. The summed E-state index contributed by atoms with van der Waals surface area (Å²) >= 11 is 0. The van der Waals surface area contributed by atoms with Gasteiger partial charge in [-0.2, -0.15) is 0 Å².